The number of carbonyl (C=O) groups is 1. The van der Waals surface area contributed by atoms with Crippen LogP contribution in [0.25, 0.3) is 0 Å². The van der Waals surface area contributed by atoms with Crippen molar-refractivity contribution in [2.45, 2.75) is 17.1 Å². The summed E-state index contributed by atoms with van der Waals surface area (Å²) < 4.78 is 13.1. The lowest BCUT2D eigenvalue weighted by Gasteiger charge is -2.13. The van der Waals surface area contributed by atoms with Gasteiger partial charge in [0.1, 0.15) is 5.82 Å². The minimum absolute atomic E-state index is 0.169. The second-order valence-corrected chi connectivity index (χ2v) is 5.71. The zero-order valence-corrected chi connectivity index (χ0v) is 11.8. The van der Waals surface area contributed by atoms with Crippen molar-refractivity contribution in [2.24, 2.45) is 0 Å². The average Bonchev–Trinajstić information content (AvgIpc) is 2.41. The van der Waals surface area contributed by atoms with Crippen LogP contribution in [0, 0.1) is 5.82 Å². The van der Waals surface area contributed by atoms with Crippen LogP contribution in [0.2, 0.25) is 0 Å². The number of benzene rings is 2. The van der Waals surface area contributed by atoms with Crippen molar-refractivity contribution in [1.29, 1.82) is 0 Å². The molecule has 104 valence electrons. The van der Waals surface area contributed by atoms with Crippen LogP contribution in [0.5, 0.6) is 0 Å². The number of anilines is 2. The molecule has 1 amide bonds. The highest BCUT2D eigenvalue weighted by molar-refractivity contribution is 8.00. The van der Waals surface area contributed by atoms with E-state index in [2.05, 4.69) is 5.32 Å². The maximum atomic E-state index is 13.1. The molecule has 0 aromatic heterocycles. The molecule has 0 aliphatic carbocycles. The van der Waals surface area contributed by atoms with Gasteiger partial charge in [-0.25, -0.2) is 4.39 Å². The molecule has 20 heavy (non-hydrogen) atoms. The summed E-state index contributed by atoms with van der Waals surface area (Å²) in [5, 5.41) is 2.42. The predicted molar refractivity (Wildman–Crippen MR) is 81.2 cm³/mol. The lowest BCUT2D eigenvalue weighted by molar-refractivity contribution is -0.115. The van der Waals surface area contributed by atoms with Crippen LogP contribution in [0.15, 0.2) is 53.4 Å². The van der Waals surface area contributed by atoms with Crippen molar-refractivity contribution in [2.75, 3.05) is 11.1 Å². The van der Waals surface area contributed by atoms with Crippen molar-refractivity contribution >= 4 is 29.0 Å². The normalized spacial score (nSPS) is 11.9. The number of hydrogen-bond acceptors (Lipinski definition) is 3. The third-order valence-electron chi connectivity index (χ3n) is 2.70. The molecule has 2 aromatic rings. The highest BCUT2D eigenvalue weighted by Gasteiger charge is 2.15. The summed E-state index contributed by atoms with van der Waals surface area (Å²) in [5.74, 6) is -0.480. The van der Waals surface area contributed by atoms with Crippen LogP contribution in [0.4, 0.5) is 15.8 Å². The zero-order valence-electron chi connectivity index (χ0n) is 11.0. The van der Waals surface area contributed by atoms with Gasteiger partial charge in [0, 0.05) is 4.90 Å². The number of hydrogen-bond donors (Lipinski definition) is 2. The minimum atomic E-state index is -0.351. The van der Waals surface area contributed by atoms with Crippen molar-refractivity contribution in [1.82, 2.24) is 0 Å². The fourth-order valence-electron chi connectivity index (χ4n) is 1.64. The number of nitrogens with one attached hydrogen (secondary N) is 1. The lowest BCUT2D eigenvalue weighted by atomic mass is 10.2. The predicted octanol–water partition coefficient (Wildman–Crippen LogP) is 3.53. The number of amides is 1. The third-order valence-corrected chi connectivity index (χ3v) is 3.79. The summed E-state index contributed by atoms with van der Waals surface area (Å²) in [6.45, 7) is 1.77. The van der Waals surface area contributed by atoms with E-state index in [4.69, 9.17) is 5.73 Å². The monoisotopic (exact) mass is 290 g/mol. The van der Waals surface area contributed by atoms with Crippen molar-refractivity contribution < 1.29 is 9.18 Å². The van der Waals surface area contributed by atoms with Gasteiger partial charge >= 0.3 is 0 Å². The van der Waals surface area contributed by atoms with E-state index in [0.717, 1.165) is 0 Å². The summed E-state index contributed by atoms with van der Waals surface area (Å²) in [6, 6.07) is 13.2. The molecule has 1 unspecified atom stereocenters. The number of thioether (sulfide) groups is 1. The Balaban J connectivity index is 2.01. The maximum absolute atomic E-state index is 13.1. The highest BCUT2D eigenvalue weighted by atomic mass is 32.2. The van der Waals surface area contributed by atoms with Crippen LogP contribution in [0.1, 0.15) is 6.92 Å². The van der Waals surface area contributed by atoms with Gasteiger partial charge in [-0.3, -0.25) is 4.79 Å². The average molecular weight is 290 g/mol. The first kappa shape index (κ1) is 14.4. The van der Waals surface area contributed by atoms with Gasteiger partial charge in [-0.05, 0) is 37.3 Å². The lowest BCUT2D eigenvalue weighted by Crippen LogP contribution is -2.22. The van der Waals surface area contributed by atoms with Gasteiger partial charge in [0.15, 0.2) is 0 Å². The molecule has 3 nitrogen and oxygen atoms in total. The molecule has 5 heteroatoms. The first-order chi connectivity index (χ1) is 9.56. The molecule has 0 fully saturated rings. The summed E-state index contributed by atoms with van der Waals surface area (Å²) in [6.07, 6.45) is 0. The Morgan fingerprint density at radius 3 is 2.70 bits per heavy atom. The molecule has 1 atom stereocenters. The first-order valence-corrected chi connectivity index (χ1v) is 7.02. The fraction of sp³-hybridized carbons (Fsp3) is 0.133. The van der Waals surface area contributed by atoms with Crippen LogP contribution in [-0.4, -0.2) is 11.2 Å². The number of nitrogen functional groups attached to an aromatic ring is 1. The summed E-state index contributed by atoms with van der Waals surface area (Å²) >= 11 is 1.30. The maximum Gasteiger partial charge on any atom is 0.237 e. The molecule has 2 rings (SSSR count). The van der Waals surface area contributed by atoms with E-state index in [-0.39, 0.29) is 17.0 Å². The molecule has 0 heterocycles. The number of nitrogens with two attached hydrogens (primary N) is 1. The van der Waals surface area contributed by atoms with E-state index in [1.165, 1.54) is 23.9 Å². The van der Waals surface area contributed by atoms with E-state index in [9.17, 15) is 9.18 Å². The van der Waals surface area contributed by atoms with E-state index in [0.29, 0.717) is 16.3 Å². The van der Waals surface area contributed by atoms with Gasteiger partial charge < -0.3 is 11.1 Å². The Labute approximate surface area is 121 Å². The molecular weight excluding hydrogens is 275 g/mol. The number of halogens is 1. The van der Waals surface area contributed by atoms with E-state index < -0.39 is 0 Å². The standard InChI is InChI=1S/C15H15FN2OS/c1-10(20-12-6-4-5-11(16)9-12)15(19)18-14-8-3-2-7-13(14)17/h2-10H,17H2,1H3,(H,18,19). The van der Waals surface area contributed by atoms with Crippen molar-refractivity contribution in [3.8, 4) is 0 Å². The van der Waals surface area contributed by atoms with Crippen molar-refractivity contribution in [3.05, 3.63) is 54.3 Å². The Hall–Kier alpha value is -2.01. The second-order valence-electron chi connectivity index (χ2n) is 4.29. The van der Waals surface area contributed by atoms with Gasteiger partial charge in [0.25, 0.3) is 0 Å². The number of para-hydroxylation sites is 2. The number of rotatable bonds is 4. The molecule has 0 aliphatic heterocycles. The molecule has 0 saturated carbocycles. The second kappa shape index (κ2) is 6.43. The zero-order chi connectivity index (χ0) is 14.5. The highest BCUT2D eigenvalue weighted by Crippen LogP contribution is 2.25. The van der Waals surface area contributed by atoms with E-state index in [1.807, 2.05) is 0 Å². The molecule has 0 saturated heterocycles. The molecule has 0 aliphatic rings. The third kappa shape index (κ3) is 3.74. The van der Waals surface area contributed by atoms with Gasteiger partial charge in [0.2, 0.25) is 5.91 Å². The Morgan fingerprint density at radius 1 is 1.25 bits per heavy atom. The summed E-state index contributed by atoms with van der Waals surface area (Å²) in [5.41, 5.74) is 6.87. The molecule has 2 aromatic carbocycles. The van der Waals surface area contributed by atoms with Gasteiger partial charge in [-0.2, -0.15) is 0 Å². The molecule has 0 radical (unpaired) electrons. The summed E-state index contributed by atoms with van der Waals surface area (Å²) in [4.78, 5) is 12.8. The molecule has 0 bridgehead atoms. The fourth-order valence-corrected chi connectivity index (χ4v) is 2.56. The van der Waals surface area contributed by atoms with Gasteiger partial charge in [0.05, 0.1) is 16.6 Å². The van der Waals surface area contributed by atoms with Crippen LogP contribution in [0.3, 0.4) is 0 Å². The minimum Gasteiger partial charge on any atom is -0.397 e. The SMILES string of the molecule is CC(Sc1cccc(F)c1)C(=O)Nc1ccccc1N. The smallest absolute Gasteiger partial charge is 0.237 e. The van der Waals surface area contributed by atoms with E-state index in [1.54, 1.807) is 43.3 Å². The Bertz CT molecular complexity index is 618. The molecule has 0 spiro atoms. The largest absolute Gasteiger partial charge is 0.397 e. The van der Waals surface area contributed by atoms with E-state index >= 15 is 0 Å². The van der Waals surface area contributed by atoms with Crippen LogP contribution < -0.4 is 11.1 Å². The molecule has 3 N–H and O–H groups in total. The van der Waals surface area contributed by atoms with Crippen molar-refractivity contribution in [3.63, 3.8) is 0 Å². The first-order valence-electron chi connectivity index (χ1n) is 6.14. The Kier molecular flexibility index (Phi) is 4.63. The van der Waals surface area contributed by atoms with Crippen LogP contribution in [-0.2, 0) is 4.79 Å². The molecular formula is C15H15FN2OS. The quantitative estimate of drug-likeness (QED) is 0.669. The topological polar surface area (TPSA) is 55.1 Å². The van der Waals surface area contributed by atoms with Gasteiger partial charge in [-0.15, -0.1) is 11.8 Å². The number of carbonyl (C=O) groups excluding carboxylic acids is 1. The Morgan fingerprint density at radius 2 is 2.00 bits per heavy atom. The van der Waals surface area contributed by atoms with Crippen LogP contribution >= 0.6 is 11.8 Å². The summed E-state index contributed by atoms with van der Waals surface area (Å²) in [7, 11) is 0. The van der Waals surface area contributed by atoms with Gasteiger partial charge in [-0.1, -0.05) is 18.2 Å².